The van der Waals surface area contributed by atoms with Crippen LogP contribution < -0.4 is 11.1 Å². The van der Waals surface area contributed by atoms with E-state index < -0.39 is 10.0 Å². The molecule has 0 aliphatic heterocycles. The highest BCUT2D eigenvalue weighted by Crippen LogP contribution is 2.18. The lowest BCUT2D eigenvalue weighted by molar-refractivity contribution is -0.120. The average molecular weight is 309 g/mol. The maximum Gasteiger partial charge on any atom is 0.243 e. The minimum Gasteiger partial charge on any atom is -0.358 e. The highest BCUT2D eigenvalue weighted by atomic mass is 32.2. The van der Waals surface area contributed by atoms with Crippen molar-refractivity contribution in [3.63, 3.8) is 0 Å². The molecule has 3 N–H and O–H groups in total. The summed E-state index contributed by atoms with van der Waals surface area (Å²) in [5.41, 5.74) is 6.78. The van der Waals surface area contributed by atoms with E-state index in [4.69, 9.17) is 5.73 Å². The van der Waals surface area contributed by atoms with Gasteiger partial charge in [0.25, 0.3) is 0 Å². The standard InChI is InChI=1S/C14H19N3O3S/c1-11-9-13(7-6-12(11)5-4-8-15)21(19,20)17(3)10-14(18)16-2/h6-7,9H,8,10,15H2,1-3H3,(H,16,18). The molecule has 1 amide bonds. The van der Waals surface area contributed by atoms with Crippen LogP contribution in [0.15, 0.2) is 23.1 Å². The molecule has 0 aliphatic carbocycles. The summed E-state index contributed by atoms with van der Waals surface area (Å²) >= 11 is 0. The molecule has 0 aliphatic rings. The first-order chi connectivity index (χ1) is 9.82. The van der Waals surface area contributed by atoms with Gasteiger partial charge in [0.1, 0.15) is 0 Å². The number of nitrogens with one attached hydrogen (secondary N) is 1. The zero-order valence-corrected chi connectivity index (χ0v) is 13.1. The molecule has 0 atom stereocenters. The van der Waals surface area contributed by atoms with Crippen molar-refractivity contribution in [3.8, 4) is 11.8 Å². The quantitative estimate of drug-likeness (QED) is 0.745. The Labute approximate surface area is 125 Å². The molecule has 1 aromatic rings. The summed E-state index contributed by atoms with van der Waals surface area (Å²) in [7, 11) is -0.885. The lowest BCUT2D eigenvalue weighted by atomic mass is 10.1. The maximum absolute atomic E-state index is 12.4. The van der Waals surface area contributed by atoms with E-state index in [1.165, 1.54) is 26.2 Å². The number of nitrogens with zero attached hydrogens (tertiary/aromatic N) is 1. The van der Waals surface area contributed by atoms with Crippen LogP contribution in [-0.4, -0.2) is 45.8 Å². The Morgan fingerprint density at radius 3 is 2.62 bits per heavy atom. The number of benzene rings is 1. The van der Waals surface area contributed by atoms with Gasteiger partial charge in [0.2, 0.25) is 15.9 Å². The van der Waals surface area contributed by atoms with Crippen LogP contribution in [0, 0.1) is 18.8 Å². The van der Waals surface area contributed by atoms with Crippen LogP contribution in [-0.2, 0) is 14.8 Å². The summed E-state index contributed by atoms with van der Waals surface area (Å²) < 4.78 is 25.7. The molecule has 0 heterocycles. The molecular weight excluding hydrogens is 290 g/mol. The van der Waals surface area contributed by atoms with Crippen LogP contribution >= 0.6 is 0 Å². The third-order valence-corrected chi connectivity index (χ3v) is 4.68. The second-order valence-corrected chi connectivity index (χ2v) is 6.46. The number of hydrogen-bond donors (Lipinski definition) is 2. The average Bonchev–Trinajstić information content (AvgIpc) is 2.45. The zero-order chi connectivity index (χ0) is 16.0. The van der Waals surface area contributed by atoms with Crippen molar-refractivity contribution in [1.29, 1.82) is 0 Å². The fourth-order valence-electron chi connectivity index (χ4n) is 1.63. The first kappa shape index (κ1) is 17.2. The molecule has 1 rings (SSSR count). The topological polar surface area (TPSA) is 92.5 Å². The van der Waals surface area contributed by atoms with Gasteiger partial charge in [0.05, 0.1) is 18.0 Å². The van der Waals surface area contributed by atoms with Gasteiger partial charge in [0.15, 0.2) is 0 Å². The molecule has 0 fully saturated rings. The number of likely N-dealkylation sites (N-methyl/N-ethyl adjacent to an activating group) is 2. The predicted octanol–water partition coefficient (Wildman–Crippen LogP) is -0.328. The SMILES string of the molecule is CNC(=O)CN(C)S(=O)(=O)c1ccc(C#CCN)c(C)c1. The normalized spacial score (nSPS) is 10.9. The fourth-order valence-corrected chi connectivity index (χ4v) is 2.84. The zero-order valence-electron chi connectivity index (χ0n) is 12.3. The Balaban J connectivity index is 3.10. The number of rotatable bonds is 4. The highest BCUT2D eigenvalue weighted by Gasteiger charge is 2.22. The van der Waals surface area contributed by atoms with Gasteiger partial charge in [-0.15, -0.1) is 0 Å². The van der Waals surface area contributed by atoms with Crippen LogP contribution in [0.2, 0.25) is 0 Å². The van der Waals surface area contributed by atoms with Crippen molar-refractivity contribution in [1.82, 2.24) is 9.62 Å². The van der Waals surface area contributed by atoms with Gasteiger partial charge in [-0.05, 0) is 30.7 Å². The van der Waals surface area contributed by atoms with Crippen molar-refractivity contribution < 1.29 is 13.2 Å². The molecule has 0 saturated heterocycles. The summed E-state index contributed by atoms with van der Waals surface area (Å²) in [6.45, 7) is 1.79. The number of nitrogens with two attached hydrogens (primary N) is 1. The number of hydrogen-bond acceptors (Lipinski definition) is 4. The molecule has 0 radical (unpaired) electrons. The maximum atomic E-state index is 12.4. The first-order valence-electron chi connectivity index (χ1n) is 6.29. The van der Waals surface area contributed by atoms with Gasteiger partial charge in [-0.2, -0.15) is 4.31 Å². The second kappa shape index (κ2) is 7.22. The van der Waals surface area contributed by atoms with E-state index in [-0.39, 0.29) is 23.9 Å². The number of carbonyl (C=O) groups is 1. The summed E-state index contributed by atoms with van der Waals surface area (Å²) in [6.07, 6.45) is 0. The van der Waals surface area contributed by atoms with E-state index in [9.17, 15) is 13.2 Å². The lowest BCUT2D eigenvalue weighted by Crippen LogP contribution is -2.36. The highest BCUT2D eigenvalue weighted by molar-refractivity contribution is 7.89. The lowest BCUT2D eigenvalue weighted by Gasteiger charge is -2.16. The number of sulfonamides is 1. The summed E-state index contributed by atoms with van der Waals surface area (Å²) in [5, 5.41) is 2.39. The number of carbonyl (C=O) groups excluding carboxylic acids is 1. The summed E-state index contributed by atoms with van der Waals surface area (Å²) in [6, 6.07) is 4.65. The van der Waals surface area contributed by atoms with Crippen molar-refractivity contribution in [2.45, 2.75) is 11.8 Å². The largest absolute Gasteiger partial charge is 0.358 e. The summed E-state index contributed by atoms with van der Waals surface area (Å²) in [4.78, 5) is 11.4. The molecule has 21 heavy (non-hydrogen) atoms. The van der Waals surface area contributed by atoms with Crippen molar-refractivity contribution in [2.75, 3.05) is 27.2 Å². The third kappa shape index (κ3) is 4.29. The van der Waals surface area contributed by atoms with E-state index in [0.29, 0.717) is 0 Å². The molecule has 0 bridgehead atoms. The minimum absolute atomic E-state index is 0.129. The predicted molar refractivity (Wildman–Crippen MR) is 81.0 cm³/mol. The second-order valence-electron chi connectivity index (χ2n) is 4.42. The molecule has 0 saturated carbocycles. The Bertz CT molecular complexity index is 687. The van der Waals surface area contributed by atoms with Gasteiger partial charge in [-0.3, -0.25) is 4.79 Å². The fraction of sp³-hybridized carbons (Fsp3) is 0.357. The monoisotopic (exact) mass is 309 g/mol. The van der Waals surface area contributed by atoms with Gasteiger partial charge in [-0.25, -0.2) is 8.42 Å². The van der Waals surface area contributed by atoms with Crippen molar-refractivity contribution in [3.05, 3.63) is 29.3 Å². The Morgan fingerprint density at radius 2 is 2.10 bits per heavy atom. The van der Waals surface area contributed by atoms with Crippen LogP contribution in [0.5, 0.6) is 0 Å². The molecule has 114 valence electrons. The van der Waals surface area contributed by atoms with E-state index >= 15 is 0 Å². The van der Waals surface area contributed by atoms with Gasteiger partial charge < -0.3 is 11.1 Å². The van der Waals surface area contributed by atoms with Crippen LogP contribution in [0.3, 0.4) is 0 Å². The van der Waals surface area contributed by atoms with E-state index in [1.807, 2.05) is 0 Å². The van der Waals surface area contributed by atoms with Gasteiger partial charge in [0, 0.05) is 19.7 Å². The van der Waals surface area contributed by atoms with E-state index in [1.54, 1.807) is 13.0 Å². The molecule has 0 aromatic heterocycles. The number of aryl methyl sites for hydroxylation is 1. The van der Waals surface area contributed by atoms with Crippen LogP contribution in [0.25, 0.3) is 0 Å². The molecule has 0 spiro atoms. The van der Waals surface area contributed by atoms with Crippen LogP contribution in [0.1, 0.15) is 11.1 Å². The molecular formula is C14H19N3O3S. The molecule has 0 unspecified atom stereocenters. The van der Waals surface area contributed by atoms with E-state index in [0.717, 1.165) is 15.4 Å². The van der Waals surface area contributed by atoms with Gasteiger partial charge >= 0.3 is 0 Å². The van der Waals surface area contributed by atoms with Crippen molar-refractivity contribution >= 4 is 15.9 Å². The van der Waals surface area contributed by atoms with Crippen LogP contribution in [0.4, 0.5) is 0 Å². The molecule has 7 heteroatoms. The molecule has 1 aromatic carbocycles. The van der Waals surface area contributed by atoms with Crippen molar-refractivity contribution in [2.24, 2.45) is 5.73 Å². The Morgan fingerprint density at radius 1 is 1.43 bits per heavy atom. The Kier molecular flexibility index (Phi) is 5.90. The minimum atomic E-state index is -3.70. The van der Waals surface area contributed by atoms with Gasteiger partial charge in [-0.1, -0.05) is 11.8 Å². The first-order valence-corrected chi connectivity index (χ1v) is 7.73. The summed E-state index contributed by atoms with van der Waals surface area (Å²) in [5.74, 6) is 5.23. The molecule has 6 nitrogen and oxygen atoms in total. The third-order valence-electron chi connectivity index (χ3n) is 2.88. The Hall–Kier alpha value is -1.88. The van der Waals surface area contributed by atoms with E-state index in [2.05, 4.69) is 17.2 Å². The number of amides is 1. The smallest absolute Gasteiger partial charge is 0.243 e.